The van der Waals surface area contributed by atoms with E-state index in [-0.39, 0.29) is 17.7 Å². The first-order valence-electron chi connectivity index (χ1n) is 5.32. The second-order valence-electron chi connectivity index (χ2n) is 4.10. The summed E-state index contributed by atoms with van der Waals surface area (Å²) in [4.78, 5) is 10.9. The lowest BCUT2D eigenvalue weighted by Gasteiger charge is -2.33. The normalized spacial score (nSPS) is 30.0. The van der Waals surface area contributed by atoms with E-state index in [9.17, 15) is 14.3 Å². The summed E-state index contributed by atoms with van der Waals surface area (Å²) in [6.45, 7) is 1.02. The van der Waals surface area contributed by atoms with E-state index in [0.29, 0.717) is 13.1 Å². The SMILES string of the molecule is O=CC1CNCC(O)C1c1ccc(F)cc1. The first-order valence-corrected chi connectivity index (χ1v) is 5.32. The second kappa shape index (κ2) is 4.72. The Bertz CT molecular complexity index is 366. The Morgan fingerprint density at radius 1 is 1.31 bits per heavy atom. The van der Waals surface area contributed by atoms with Gasteiger partial charge in [-0.2, -0.15) is 0 Å². The highest BCUT2D eigenvalue weighted by Gasteiger charge is 2.32. The molecule has 0 bridgehead atoms. The quantitative estimate of drug-likeness (QED) is 0.725. The number of benzene rings is 1. The standard InChI is InChI=1S/C12H14FNO2/c13-10-3-1-8(2-4-10)12-9(7-15)5-14-6-11(12)16/h1-4,7,9,11-12,14,16H,5-6H2. The van der Waals surface area contributed by atoms with Gasteiger partial charge in [-0.3, -0.25) is 0 Å². The van der Waals surface area contributed by atoms with Crippen molar-refractivity contribution in [2.75, 3.05) is 13.1 Å². The zero-order valence-electron chi connectivity index (χ0n) is 8.77. The van der Waals surface area contributed by atoms with Gasteiger partial charge in [0.1, 0.15) is 12.1 Å². The summed E-state index contributed by atoms with van der Waals surface area (Å²) in [5.41, 5.74) is 0.813. The van der Waals surface area contributed by atoms with E-state index < -0.39 is 6.10 Å². The van der Waals surface area contributed by atoms with E-state index in [1.807, 2.05) is 0 Å². The van der Waals surface area contributed by atoms with E-state index in [2.05, 4.69) is 5.32 Å². The lowest BCUT2D eigenvalue weighted by atomic mass is 9.80. The highest BCUT2D eigenvalue weighted by atomic mass is 19.1. The largest absolute Gasteiger partial charge is 0.391 e. The monoisotopic (exact) mass is 223 g/mol. The summed E-state index contributed by atoms with van der Waals surface area (Å²) in [7, 11) is 0. The van der Waals surface area contributed by atoms with Crippen LogP contribution in [0.2, 0.25) is 0 Å². The number of β-amino-alcohol motifs (C(OH)–C–C–N with tert-alkyl or cyclic N) is 1. The number of aliphatic hydroxyl groups excluding tert-OH is 1. The fourth-order valence-electron chi connectivity index (χ4n) is 2.22. The van der Waals surface area contributed by atoms with E-state index >= 15 is 0 Å². The van der Waals surface area contributed by atoms with Crippen LogP contribution < -0.4 is 5.32 Å². The number of hydrogen-bond acceptors (Lipinski definition) is 3. The number of piperidine rings is 1. The third-order valence-corrected chi connectivity index (χ3v) is 3.04. The molecule has 1 aliphatic heterocycles. The van der Waals surface area contributed by atoms with Gasteiger partial charge in [-0.1, -0.05) is 12.1 Å². The molecule has 1 aromatic rings. The van der Waals surface area contributed by atoms with Crippen molar-refractivity contribution in [3.63, 3.8) is 0 Å². The van der Waals surface area contributed by atoms with Crippen molar-refractivity contribution < 1.29 is 14.3 Å². The Kier molecular flexibility index (Phi) is 3.31. The van der Waals surface area contributed by atoms with Crippen LogP contribution in [0.25, 0.3) is 0 Å². The van der Waals surface area contributed by atoms with Crippen LogP contribution >= 0.6 is 0 Å². The number of rotatable bonds is 2. The van der Waals surface area contributed by atoms with Crippen LogP contribution in [0.1, 0.15) is 11.5 Å². The van der Waals surface area contributed by atoms with E-state index in [1.165, 1.54) is 12.1 Å². The smallest absolute Gasteiger partial charge is 0.125 e. The first kappa shape index (κ1) is 11.2. The molecule has 1 heterocycles. The fourth-order valence-corrected chi connectivity index (χ4v) is 2.22. The zero-order valence-corrected chi connectivity index (χ0v) is 8.77. The van der Waals surface area contributed by atoms with Gasteiger partial charge in [0.15, 0.2) is 0 Å². The molecule has 2 rings (SSSR count). The summed E-state index contributed by atoms with van der Waals surface area (Å²) >= 11 is 0. The number of carbonyl (C=O) groups excluding carboxylic acids is 1. The van der Waals surface area contributed by atoms with Gasteiger partial charge >= 0.3 is 0 Å². The van der Waals surface area contributed by atoms with Crippen molar-refractivity contribution in [3.05, 3.63) is 35.6 Å². The molecule has 0 aromatic heterocycles. The van der Waals surface area contributed by atoms with E-state index in [1.54, 1.807) is 12.1 Å². The van der Waals surface area contributed by atoms with Gasteiger partial charge < -0.3 is 15.2 Å². The molecule has 0 saturated carbocycles. The number of aldehydes is 1. The van der Waals surface area contributed by atoms with Crippen LogP contribution in [-0.4, -0.2) is 30.6 Å². The molecule has 1 aliphatic rings. The third-order valence-electron chi connectivity index (χ3n) is 3.04. The fraction of sp³-hybridized carbons (Fsp3) is 0.417. The maximum absolute atomic E-state index is 12.8. The van der Waals surface area contributed by atoms with Crippen LogP contribution in [0, 0.1) is 11.7 Å². The lowest BCUT2D eigenvalue weighted by molar-refractivity contribution is -0.113. The van der Waals surface area contributed by atoms with Crippen LogP contribution in [0.5, 0.6) is 0 Å². The minimum atomic E-state index is -0.602. The van der Waals surface area contributed by atoms with Gasteiger partial charge in [-0.25, -0.2) is 4.39 Å². The molecule has 4 heteroatoms. The van der Waals surface area contributed by atoms with Crippen LogP contribution in [0.15, 0.2) is 24.3 Å². The Morgan fingerprint density at radius 2 is 2.00 bits per heavy atom. The minimum Gasteiger partial charge on any atom is -0.391 e. The van der Waals surface area contributed by atoms with Crippen molar-refractivity contribution in [3.8, 4) is 0 Å². The third kappa shape index (κ3) is 2.13. The van der Waals surface area contributed by atoms with Crippen molar-refractivity contribution in [1.82, 2.24) is 5.32 Å². The second-order valence-corrected chi connectivity index (χ2v) is 4.10. The Morgan fingerprint density at radius 3 is 2.62 bits per heavy atom. The molecule has 86 valence electrons. The highest BCUT2D eigenvalue weighted by Crippen LogP contribution is 2.29. The molecule has 0 radical (unpaired) electrons. The molecule has 3 atom stereocenters. The molecule has 1 aromatic carbocycles. The van der Waals surface area contributed by atoms with E-state index in [4.69, 9.17) is 0 Å². The van der Waals surface area contributed by atoms with Crippen molar-refractivity contribution in [2.24, 2.45) is 5.92 Å². The molecule has 1 fully saturated rings. The molecule has 0 amide bonds. The van der Waals surface area contributed by atoms with Crippen LogP contribution in [0.3, 0.4) is 0 Å². The Balaban J connectivity index is 2.27. The number of nitrogens with one attached hydrogen (secondary N) is 1. The summed E-state index contributed by atoms with van der Waals surface area (Å²) in [6.07, 6.45) is 0.248. The lowest BCUT2D eigenvalue weighted by Crippen LogP contribution is -2.46. The summed E-state index contributed by atoms with van der Waals surface area (Å²) in [6, 6.07) is 5.97. The number of carbonyl (C=O) groups is 1. The minimum absolute atomic E-state index is 0.237. The molecule has 3 unspecified atom stereocenters. The van der Waals surface area contributed by atoms with Gasteiger partial charge in [0.05, 0.1) is 6.10 Å². The van der Waals surface area contributed by atoms with Gasteiger partial charge in [0.25, 0.3) is 0 Å². The molecule has 3 nitrogen and oxygen atoms in total. The van der Waals surface area contributed by atoms with Crippen LogP contribution in [-0.2, 0) is 4.79 Å². The maximum atomic E-state index is 12.8. The predicted molar refractivity (Wildman–Crippen MR) is 57.6 cm³/mol. The highest BCUT2D eigenvalue weighted by molar-refractivity contribution is 5.57. The topological polar surface area (TPSA) is 49.3 Å². The molecular weight excluding hydrogens is 209 g/mol. The van der Waals surface area contributed by atoms with Crippen molar-refractivity contribution in [2.45, 2.75) is 12.0 Å². The molecule has 0 aliphatic carbocycles. The summed E-state index contributed by atoms with van der Waals surface area (Å²) < 4.78 is 12.8. The number of hydrogen-bond donors (Lipinski definition) is 2. The molecule has 0 spiro atoms. The molecule has 1 saturated heterocycles. The maximum Gasteiger partial charge on any atom is 0.125 e. The summed E-state index contributed by atoms with van der Waals surface area (Å²) in [5, 5.41) is 12.9. The number of halogens is 1. The summed E-state index contributed by atoms with van der Waals surface area (Å²) in [5.74, 6) is -0.802. The average Bonchev–Trinajstić information content (AvgIpc) is 2.30. The Hall–Kier alpha value is -1.26. The predicted octanol–water partition coefficient (Wildman–Crippen LogP) is 0.688. The van der Waals surface area contributed by atoms with Crippen LogP contribution in [0.4, 0.5) is 4.39 Å². The zero-order chi connectivity index (χ0) is 11.5. The van der Waals surface area contributed by atoms with Gasteiger partial charge in [0.2, 0.25) is 0 Å². The van der Waals surface area contributed by atoms with Crippen molar-refractivity contribution in [1.29, 1.82) is 0 Å². The van der Waals surface area contributed by atoms with Gasteiger partial charge in [-0.15, -0.1) is 0 Å². The molecular formula is C12H14FNO2. The number of aliphatic hydroxyl groups is 1. The van der Waals surface area contributed by atoms with Gasteiger partial charge in [-0.05, 0) is 17.7 Å². The van der Waals surface area contributed by atoms with Gasteiger partial charge in [0, 0.05) is 24.9 Å². The Labute approximate surface area is 93.3 Å². The van der Waals surface area contributed by atoms with E-state index in [0.717, 1.165) is 11.8 Å². The molecule has 16 heavy (non-hydrogen) atoms. The van der Waals surface area contributed by atoms with Crippen molar-refractivity contribution >= 4 is 6.29 Å². The first-order chi connectivity index (χ1) is 7.72. The average molecular weight is 223 g/mol. The molecule has 2 N–H and O–H groups in total.